The first-order valence-corrected chi connectivity index (χ1v) is 3.97. The molecule has 0 spiro atoms. The van der Waals surface area contributed by atoms with Crippen LogP contribution in [0.25, 0.3) is 0 Å². The van der Waals surface area contributed by atoms with Crippen LogP contribution in [-0.2, 0) is 9.53 Å². The van der Waals surface area contributed by atoms with Gasteiger partial charge in [-0.25, -0.2) is 4.79 Å². The van der Waals surface area contributed by atoms with Gasteiger partial charge in [-0.15, -0.1) is 0 Å². The first-order chi connectivity index (χ1) is 5.13. The van der Waals surface area contributed by atoms with Crippen LogP contribution in [0.5, 0.6) is 0 Å². The van der Waals surface area contributed by atoms with E-state index in [9.17, 15) is 4.79 Å². The van der Waals surface area contributed by atoms with E-state index in [1.807, 2.05) is 6.92 Å². The molecule has 0 unspecified atom stereocenters. The van der Waals surface area contributed by atoms with Crippen molar-refractivity contribution in [2.45, 2.75) is 26.4 Å². The zero-order valence-corrected chi connectivity index (χ0v) is 6.91. The Morgan fingerprint density at radius 3 is 2.64 bits per heavy atom. The zero-order chi connectivity index (χ0) is 8.43. The topological polar surface area (TPSA) is 46.5 Å². The summed E-state index contributed by atoms with van der Waals surface area (Å²) in [5.74, 6) is -0.227. The predicted octanol–water partition coefficient (Wildman–Crippen LogP) is 1.13. The van der Waals surface area contributed by atoms with Crippen LogP contribution in [0.4, 0.5) is 0 Å². The van der Waals surface area contributed by atoms with Crippen molar-refractivity contribution in [1.29, 1.82) is 0 Å². The number of ether oxygens (including phenoxy) is 1. The van der Waals surface area contributed by atoms with Crippen LogP contribution in [0.1, 0.15) is 20.3 Å². The summed E-state index contributed by atoms with van der Waals surface area (Å²) < 4.78 is 5.12. The SMILES string of the molecule is C[C@@H]1[C@@H](C)CCO[C@H]1C(=O)O. The lowest BCUT2D eigenvalue weighted by atomic mass is 9.86. The second kappa shape index (κ2) is 3.22. The van der Waals surface area contributed by atoms with Crippen LogP contribution >= 0.6 is 0 Å². The molecular weight excluding hydrogens is 144 g/mol. The van der Waals surface area contributed by atoms with Gasteiger partial charge >= 0.3 is 5.97 Å². The Hall–Kier alpha value is -0.570. The Labute approximate surface area is 66.4 Å². The predicted molar refractivity (Wildman–Crippen MR) is 40.3 cm³/mol. The van der Waals surface area contributed by atoms with E-state index in [0.717, 1.165) is 6.42 Å². The highest BCUT2D eigenvalue weighted by Gasteiger charge is 2.32. The quantitative estimate of drug-likeness (QED) is 0.622. The molecule has 3 atom stereocenters. The smallest absolute Gasteiger partial charge is 0.333 e. The fourth-order valence-electron chi connectivity index (χ4n) is 1.39. The molecular formula is C8H14O3. The first-order valence-electron chi connectivity index (χ1n) is 3.97. The molecule has 1 rings (SSSR count). The number of carboxylic acid groups (broad SMARTS) is 1. The van der Waals surface area contributed by atoms with Crippen molar-refractivity contribution < 1.29 is 14.6 Å². The summed E-state index contributed by atoms with van der Waals surface area (Å²) in [5, 5.41) is 8.70. The Bertz CT molecular complexity index is 155. The molecule has 3 heteroatoms. The Morgan fingerprint density at radius 1 is 1.55 bits per heavy atom. The molecule has 1 fully saturated rings. The van der Waals surface area contributed by atoms with E-state index in [1.165, 1.54) is 0 Å². The molecule has 1 saturated heterocycles. The van der Waals surface area contributed by atoms with E-state index in [-0.39, 0.29) is 5.92 Å². The van der Waals surface area contributed by atoms with E-state index in [4.69, 9.17) is 9.84 Å². The molecule has 1 aliphatic heterocycles. The lowest BCUT2D eigenvalue weighted by molar-refractivity contribution is -0.160. The molecule has 11 heavy (non-hydrogen) atoms. The van der Waals surface area contributed by atoms with Gasteiger partial charge in [-0.3, -0.25) is 0 Å². The molecule has 0 aliphatic carbocycles. The molecule has 0 radical (unpaired) electrons. The molecule has 0 saturated carbocycles. The number of aliphatic carboxylic acids is 1. The number of rotatable bonds is 1. The largest absolute Gasteiger partial charge is 0.479 e. The highest BCUT2D eigenvalue weighted by molar-refractivity contribution is 5.72. The van der Waals surface area contributed by atoms with Gasteiger partial charge in [0.25, 0.3) is 0 Å². The molecule has 3 nitrogen and oxygen atoms in total. The van der Waals surface area contributed by atoms with E-state index in [0.29, 0.717) is 12.5 Å². The third kappa shape index (κ3) is 1.71. The Kier molecular flexibility index (Phi) is 2.49. The summed E-state index contributed by atoms with van der Waals surface area (Å²) in [7, 11) is 0. The summed E-state index contributed by atoms with van der Waals surface area (Å²) in [6.45, 7) is 4.59. The fourth-order valence-corrected chi connectivity index (χ4v) is 1.39. The minimum atomic E-state index is -0.830. The van der Waals surface area contributed by atoms with Crippen LogP contribution < -0.4 is 0 Å². The highest BCUT2D eigenvalue weighted by Crippen LogP contribution is 2.26. The third-order valence-corrected chi connectivity index (χ3v) is 2.49. The van der Waals surface area contributed by atoms with Crippen LogP contribution in [-0.4, -0.2) is 23.8 Å². The molecule has 0 amide bonds. The van der Waals surface area contributed by atoms with Gasteiger partial charge in [0, 0.05) is 6.61 Å². The highest BCUT2D eigenvalue weighted by atomic mass is 16.5. The molecule has 1 N–H and O–H groups in total. The average Bonchev–Trinajstić information content (AvgIpc) is 1.94. The molecule has 0 aromatic rings. The molecule has 1 aliphatic rings. The lowest BCUT2D eigenvalue weighted by Crippen LogP contribution is -2.39. The second-order valence-electron chi connectivity index (χ2n) is 3.25. The number of carboxylic acids is 1. The molecule has 0 aromatic carbocycles. The van der Waals surface area contributed by atoms with Crippen molar-refractivity contribution in [3.63, 3.8) is 0 Å². The second-order valence-corrected chi connectivity index (χ2v) is 3.25. The molecule has 64 valence electrons. The third-order valence-electron chi connectivity index (χ3n) is 2.49. The maximum Gasteiger partial charge on any atom is 0.333 e. The minimum absolute atomic E-state index is 0.140. The number of hydrogen-bond acceptors (Lipinski definition) is 2. The van der Waals surface area contributed by atoms with Crippen molar-refractivity contribution in [2.75, 3.05) is 6.61 Å². The first kappa shape index (κ1) is 8.53. The van der Waals surface area contributed by atoms with E-state index in [2.05, 4.69) is 6.92 Å². The van der Waals surface area contributed by atoms with Gasteiger partial charge in [0.15, 0.2) is 6.10 Å². The van der Waals surface area contributed by atoms with E-state index < -0.39 is 12.1 Å². The van der Waals surface area contributed by atoms with Crippen molar-refractivity contribution in [2.24, 2.45) is 11.8 Å². The fraction of sp³-hybridized carbons (Fsp3) is 0.875. The molecule has 0 aromatic heterocycles. The van der Waals surface area contributed by atoms with Crippen molar-refractivity contribution >= 4 is 5.97 Å². The van der Waals surface area contributed by atoms with Gasteiger partial charge in [0.2, 0.25) is 0 Å². The van der Waals surface area contributed by atoms with Crippen molar-refractivity contribution in [3.05, 3.63) is 0 Å². The Morgan fingerprint density at radius 2 is 2.18 bits per heavy atom. The summed E-state index contributed by atoms with van der Waals surface area (Å²) in [6, 6.07) is 0. The van der Waals surface area contributed by atoms with Gasteiger partial charge in [-0.1, -0.05) is 13.8 Å². The maximum atomic E-state index is 10.6. The normalized spacial score (nSPS) is 38.5. The summed E-state index contributed by atoms with van der Waals surface area (Å²) >= 11 is 0. The van der Waals surface area contributed by atoms with Crippen molar-refractivity contribution in [1.82, 2.24) is 0 Å². The molecule has 0 bridgehead atoms. The van der Waals surface area contributed by atoms with Crippen LogP contribution in [0.2, 0.25) is 0 Å². The average molecular weight is 158 g/mol. The monoisotopic (exact) mass is 158 g/mol. The summed E-state index contributed by atoms with van der Waals surface area (Å²) in [4.78, 5) is 10.6. The summed E-state index contributed by atoms with van der Waals surface area (Å²) in [5.41, 5.74) is 0. The van der Waals surface area contributed by atoms with Gasteiger partial charge < -0.3 is 9.84 Å². The van der Waals surface area contributed by atoms with E-state index in [1.54, 1.807) is 0 Å². The van der Waals surface area contributed by atoms with Crippen molar-refractivity contribution in [3.8, 4) is 0 Å². The van der Waals surface area contributed by atoms with E-state index >= 15 is 0 Å². The minimum Gasteiger partial charge on any atom is -0.479 e. The van der Waals surface area contributed by atoms with Gasteiger partial charge in [0.1, 0.15) is 0 Å². The van der Waals surface area contributed by atoms with Gasteiger partial charge in [-0.05, 0) is 18.3 Å². The maximum absolute atomic E-state index is 10.6. The van der Waals surface area contributed by atoms with Crippen LogP contribution in [0.3, 0.4) is 0 Å². The van der Waals surface area contributed by atoms with Gasteiger partial charge in [-0.2, -0.15) is 0 Å². The standard InChI is InChI=1S/C8H14O3/c1-5-3-4-11-7(6(5)2)8(9)10/h5-7H,3-4H2,1-2H3,(H,9,10)/t5-,6+,7+/m0/s1. The van der Waals surface area contributed by atoms with Crippen LogP contribution in [0, 0.1) is 11.8 Å². The zero-order valence-electron chi connectivity index (χ0n) is 6.91. The number of carbonyl (C=O) groups is 1. The number of hydrogen-bond donors (Lipinski definition) is 1. The van der Waals surface area contributed by atoms with Crippen LogP contribution in [0.15, 0.2) is 0 Å². The summed E-state index contributed by atoms with van der Waals surface area (Å²) in [6.07, 6.45) is 0.393. The lowest BCUT2D eigenvalue weighted by Gasteiger charge is -2.31. The Balaban J connectivity index is 2.58. The molecule has 1 heterocycles. The van der Waals surface area contributed by atoms with Gasteiger partial charge in [0.05, 0.1) is 0 Å².